The van der Waals surface area contributed by atoms with Crippen molar-refractivity contribution in [1.29, 1.82) is 0 Å². The van der Waals surface area contributed by atoms with Crippen molar-refractivity contribution in [2.45, 2.75) is 25.1 Å². The number of nitro groups is 1. The highest BCUT2D eigenvalue weighted by atomic mass is 79.9. The normalized spacial score (nSPS) is 14.6. The first-order valence-electron chi connectivity index (χ1n) is 7.36. The molecule has 1 heterocycles. The predicted octanol–water partition coefficient (Wildman–Crippen LogP) is 1.33. The molecule has 134 valence electrons. The molecule has 3 unspecified atom stereocenters. The lowest BCUT2D eigenvalue weighted by atomic mass is 10.0. The number of aliphatic hydroxyl groups excluding tert-OH is 2. The van der Waals surface area contributed by atoms with Gasteiger partial charge in [0.05, 0.1) is 28.2 Å². The largest absolute Gasteiger partial charge is 0.394 e. The van der Waals surface area contributed by atoms with Gasteiger partial charge >= 0.3 is 0 Å². The summed E-state index contributed by atoms with van der Waals surface area (Å²) in [5.41, 5.74) is 0.234. The number of rotatable bonds is 7. The van der Waals surface area contributed by atoms with Gasteiger partial charge < -0.3 is 15.5 Å². The number of amides is 1. The number of nitro benzene ring substituents is 1. The maximum absolute atomic E-state index is 12.3. The fourth-order valence-electron chi connectivity index (χ4n) is 2.20. The average Bonchev–Trinajstić information content (AvgIpc) is 3.04. The van der Waals surface area contributed by atoms with Crippen molar-refractivity contribution in [2.75, 3.05) is 6.61 Å². The summed E-state index contributed by atoms with van der Waals surface area (Å²) < 4.78 is 2.16. The number of non-ortho nitro benzene ring substituents is 1. The zero-order valence-electron chi connectivity index (χ0n) is 13.2. The van der Waals surface area contributed by atoms with Crippen molar-refractivity contribution in [3.05, 3.63) is 56.8 Å². The van der Waals surface area contributed by atoms with Crippen molar-refractivity contribution >= 4 is 27.5 Å². The number of carbonyl (C=O) groups excluding carboxylic acids is 1. The van der Waals surface area contributed by atoms with Gasteiger partial charge in [0, 0.05) is 18.3 Å². The Morgan fingerprint density at radius 3 is 2.56 bits per heavy atom. The molecule has 1 aromatic carbocycles. The molecule has 0 spiro atoms. The zero-order chi connectivity index (χ0) is 18.6. The van der Waals surface area contributed by atoms with Crippen LogP contribution in [0.2, 0.25) is 0 Å². The third-order valence-corrected chi connectivity index (χ3v) is 4.11. The van der Waals surface area contributed by atoms with Crippen LogP contribution in [0.3, 0.4) is 0 Å². The first-order chi connectivity index (χ1) is 11.8. The standard InChI is InChI=1S/C15H17BrN4O5/c1-9(19-7-11(16)6-17-19)15(23)18-13(8-21)14(22)10-2-4-12(5-3-10)20(24)25/h2-7,9,13-14,21-22H,8H2,1H3,(H,18,23). The van der Waals surface area contributed by atoms with Crippen molar-refractivity contribution in [2.24, 2.45) is 0 Å². The van der Waals surface area contributed by atoms with Gasteiger partial charge in [-0.1, -0.05) is 0 Å². The van der Waals surface area contributed by atoms with Crippen LogP contribution in [0.5, 0.6) is 0 Å². The molecule has 3 atom stereocenters. The first kappa shape index (κ1) is 19.0. The molecule has 0 radical (unpaired) electrons. The van der Waals surface area contributed by atoms with Crippen LogP contribution in [-0.2, 0) is 4.79 Å². The minimum absolute atomic E-state index is 0.113. The van der Waals surface area contributed by atoms with E-state index in [4.69, 9.17) is 0 Å². The van der Waals surface area contributed by atoms with E-state index in [1.165, 1.54) is 28.9 Å². The molecule has 9 nitrogen and oxygen atoms in total. The first-order valence-corrected chi connectivity index (χ1v) is 8.16. The second kappa shape index (κ2) is 8.19. The molecule has 1 aromatic heterocycles. The summed E-state index contributed by atoms with van der Waals surface area (Å²) >= 11 is 3.24. The molecule has 2 aromatic rings. The van der Waals surface area contributed by atoms with Gasteiger partial charge in [-0.3, -0.25) is 19.6 Å². The monoisotopic (exact) mass is 412 g/mol. The number of hydrogen-bond donors (Lipinski definition) is 3. The Morgan fingerprint density at radius 1 is 1.44 bits per heavy atom. The van der Waals surface area contributed by atoms with E-state index in [-0.39, 0.29) is 5.69 Å². The van der Waals surface area contributed by atoms with Crippen LogP contribution in [0.1, 0.15) is 24.6 Å². The van der Waals surface area contributed by atoms with Gasteiger partial charge in [0.1, 0.15) is 12.1 Å². The molecular weight excluding hydrogens is 396 g/mol. The summed E-state index contributed by atoms with van der Waals surface area (Å²) in [7, 11) is 0. The number of carbonyl (C=O) groups is 1. The maximum Gasteiger partial charge on any atom is 0.269 e. The Hall–Kier alpha value is -2.30. The summed E-state index contributed by atoms with van der Waals surface area (Å²) in [6.07, 6.45) is 1.95. The number of hydrogen-bond acceptors (Lipinski definition) is 6. The third kappa shape index (κ3) is 4.62. The smallest absolute Gasteiger partial charge is 0.269 e. The zero-order valence-corrected chi connectivity index (χ0v) is 14.8. The van der Waals surface area contributed by atoms with Crippen LogP contribution in [0.15, 0.2) is 41.1 Å². The highest BCUT2D eigenvalue weighted by Gasteiger charge is 2.25. The van der Waals surface area contributed by atoms with E-state index in [1.54, 1.807) is 19.3 Å². The lowest BCUT2D eigenvalue weighted by Gasteiger charge is -2.24. The van der Waals surface area contributed by atoms with E-state index in [9.17, 15) is 25.1 Å². The maximum atomic E-state index is 12.3. The molecule has 0 aliphatic rings. The average molecular weight is 413 g/mol. The Balaban J connectivity index is 2.07. The molecule has 25 heavy (non-hydrogen) atoms. The molecule has 0 bridgehead atoms. The fraction of sp³-hybridized carbons (Fsp3) is 0.333. The molecule has 0 aliphatic heterocycles. The topological polar surface area (TPSA) is 131 Å². The number of nitrogens with zero attached hydrogens (tertiary/aromatic N) is 3. The van der Waals surface area contributed by atoms with Gasteiger partial charge in [-0.15, -0.1) is 0 Å². The molecule has 3 N–H and O–H groups in total. The van der Waals surface area contributed by atoms with Crippen LogP contribution in [0.25, 0.3) is 0 Å². The fourth-order valence-corrected chi connectivity index (χ4v) is 2.50. The van der Waals surface area contributed by atoms with E-state index in [2.05, 4.69) is 26.3 Å². The van der Waals surface area contributed by atoms with E-state index < -0.39 is 35.6 Å². The Labute approximate surface area is 151 Å². The third-order valence-electron chi connectivity index (χ3n) is 3.70. The lowest BCUT2D eigenvalue weighted by Crippen LogP contribution is -2.44. The number of aliphatic hydroxyl groups is 2. The van der Waals surface area contributed by atoms with Crippen LogP contribution in [-0.4, -0.2) is 43.5 Å². The van der Waals surface area contributed by atoms with Gasteiger partial charge in [-0.05, 0) is 40.5 Å². The molecule has 2 rings (SSSR count). The van der Waals surface area contributed by atoms with Gasteiger partial charge in [-0.25, -0.2) is 0 Å². The Morgan fingerprint density at radius 2 is 2.08 bits per heavy atom. The molecule has 0 aliphatic carbocycles. The number of aromatic nitrogens is 2. The molecule has 1 amide bonds. The quantitative estimate of drug-likeness (QED) is 0.464. The summed E-state index contributed by atoms with van der Waals surface area (Å²) in [5.74, 6) is -0.435. The lowest BCUT2D eigenvalue weighted by molar-refractivity contribution is -0.384. The van der Waals surface area contributed by atoms with E-state index >= 15 is 0 Å². The van der Waals surface area contributed by atoms with Gasteiger partial charge in [-0.2, -0.15) is 5.10 Å². The SMILES string of the molecule is CC(C(=O)NC(CO)C(O)c1ccc([N+](=O)[O-])cc1)n1cc(Br)cn1. The number of nitrogens with one attached hydrogen (secondary N) is 1. The van der Waals surface area contributed by atoms with Crippen LogP contribution >= 0.6 is 15.9 Å². The number of benzene rings is 1. The molecule has 0 fully saturated rings. The van der Waals surface area contributed by atoms with Crippen LogP contribution in [0, 0.1) is 10.1 Å². The van der Waals surface area contributed by atoms with Crippen molar-refractivity contribution < 1.29 is 19.9 Å². The highest BCUT2D eigenvalue weighted by Crippen LogP contribution is 2.21. The summed E-state index contributed by atoms with van der Waals surface area (Å²) in [6.45, 7) is 1.13. The van der Waals surface area contributed by atoms with E-state index in [0.717, 1.165) is 4.47 Å². The van der Waals surface area contributed by atoms with Crippen molar-refractivity contribution in [3.63, 3.8) is 0 Å². The summed E-state index contributed by atoms with van der Waals surface area (Å²) in [4.78, 5) is 22.4. The minimum Gasteiger partial charge on any atom is -0.394 e. The van der Waals surface area contributed by atoms with Crippen LogP contribution in [0.4, 0.5) is 5.69 Å². The minimum atomic E-state index is -1.22. The van der Waals surface area contributed by atoms with Gasteiger partial charge in [0.15, 0.2) is 0 Å². The summed E-state index contributed by atoms with van der Waals surface area (Å²) in [6, 6.07) is 3.65. The molecule has 0 saturated heterocycles. The Kier molecular flexibility index (Phi) is 6.23. The van der Waals surface area contributed by atoms with Crippen LogP contribution < -0.4 is 5.32 Å². The molecular formula is C15H17BrN4O5. The second-order valence-electron chi connectivity index (χ2n) is 5.41. The number of halogens is 1. The molecule has 0 saturated carbocycles. The van der Waals surface area contributed by atoms with Crippen molar-refractivity contribution in [3.8, 4) is 0 Å². The van der Waals surface area contributed by atoms with Gasteiger partial charge in [0.2, 0.25) is 5.91 Å². The second-order valence-corrected chi connectivity index (χ2v) is 6.32. The van der Waals surface area contributed by atoms with Gasteiger partial charge in [0.25, 0.3) is 5.69 Å². The highest BCUT2D eigenvalue weighted by molar-refractivity contribution is 9.10. The van der Waals surface area contributed by atoms with Crippen molar-refractivity contribution in [1.82, 2.24) is 15.1 Å². The van der Waals surface area contributed by atoms with E-state index in [1.807, 2.05) is 0 Å². The molecule has 10 heteroatoms. The summed E-state index contributed by atoms with van der Waals surface area (Å²) in [5, 5.41) is 37.1. The predicted molar refractivity (Wildman–Crippen MR) is 91.7 cm³/mol. The Bertz CT molecular complexity index is 749. The van der Waals surface area contributed by atoms with E-state index in [0.29, 0.717) is 5.56 Å².